The second kappa shape index (κ2) is 12.4. The van der Waals surface area contributed by atoms with E-state index in [0.29, 0.717) is 18.0 Å². The van der Waals surface area contributed by atoms with Crippen LogP contribution in [-0.2, 0) is 27.4 Å². The summed E-state index contributed by atoms with van der Waals surface area (Å²) in [6, 6.07) is 21.8. The van der Waals surface area contributed by atoms with Crippen molar-refractivity contribution in [2.24, 2.45) is 15.1 Å². The van der Waals surface area contributed by atoms with Gasteiger partial charge < -0.3 is 20.1 Å². The number of allylic oxidation sites excluding steroid dienone is 1. The van der Waals surface area contributed by atoms with Gasteiger partial charge in [-0.05, 0) is 85.5 Å². The summed E-state index contributed by atoms with van der Waals surface area (Å²) in [6.07, 6.45) is 9.45. The van der Waals surface area contributed by atoms with Crippen LogP contribution in [0.4, 0.5) is 11.4 Å². The van der Waals surface area contributed by atoms with Crippen LogP contribution in [0.1, 0.15) is 48.8 Å². The van der Waals surface area contributed by atoms with Crippen molar-refractivity contribution in [1.29, 1.82) is 5.26 Å². The van der Waals surface area contributed by atoms with Crippen molar-refractivity contribution in [2.45, 2.75) is 50.2 Å². The molecule has 3 aromatic rings. The summed E-state index contributed by atoms with van der Waals surface area (Å²) in [7, 11) is 1.41. The largest absolute Gasteiger partial charge is 0.497 e. The second-order valence-corrected chi connectivity index (χ2v) is 13.0. The van der Waals surface area contributed by atoms with Crippen molar-refractivity contribution < 1.29 is 14.3 Å². The van der Waals surface area contributed by atoms with Gasteiger partial charge in [0.15, 0.2) is 0 Å². The second-order valence-electron chi connectivity index (χ2n) is 11.1. The highest BCUT2D eigenvalue weighted by Gasteiger charge is 2.55. The Kier molecular flexibility index (Phi) is 8.30. The summed E-state index contributed by atoms with van der Waals surface area (Å²) in [5, 5.41) is 9.03. The molecule has 0 aromatic heterocycles. The number of methoxy groups -OCH3 is 1. The van der Waals surface area contributed by atoms with Gasteiger partial charge >= 0.3 is 0 Å². The minimum atomic E-state index is -0.565. The Morgan fingerprint density at radius 3 is 2.51 bits per heavy atom. The number of hydrogen-bond acceptors (Lipinski definition) is 7. The summed E-state index contributed by atoms with van der Waals surface area (Å²) in [4.78, 5) is 21.1. The molecule has 2 N–H and O–H groups in total. The monoisotopic (exact) mass is 593 g/mol. The van der Waals surface area contributed by atoms with Crippen LogP contribution in [0.3, 0.4) is 0 Å². The molecule has 220 valence electrons. The van der Waals surface area contributed by atoms with Gasteiger partial charge in [0.1, 0.15) is 17.6 Å². The van der Waals surface area contributed by atoms with E-state index in [9.17, 15) is 4.79 Å². The van der Waals surface area contributed by atoms with E-state index in [1.165, 1.54) is 6.20 Å². The Bertz CT molecular complexity index is 1630. The minimum Gasteiger partial charge on any atom is -0.497 e. The highest BCUT2D eigenvalue weighted by molar-refractivity contribution is 7.87. The Balaban J connectivity index is 1.46. The van der Waals surface area contributed by atoms with Crippen LogP contribution < -0.4 is 20.1 Å². The summed E-state index contributed by atoms with van der Waals surface area (Å²) >= 11 is 0. The molecule has 3 aromatic carbocycles. The molecule has 1 amide bonds. The Morgan fingerprint density at radius 2 is 1.88 bits per heavy atom. The van der Waals surface area contributed by atoms with Crippen molar-refractivity contribution in [3.63, 3.8) is 0 Å². The molecule has 1 saturated carbocycles. The van der Waals surface area contributed by atoms with E-state index in [1.54, 1.807) is 13.2 Å². The third kappa shape index (κ3) is 5.67. The number of rotatable bonds is 8. The van der Waals surface area contributed by atoms with Gasteiger partial charge in [0.05, 0.1) is 36.2 Å². The molecule has 43 heavy (non-hydrogen) atoms. The summed E-state index contributed by atoms with van der Waals surface area (Å²) in [5.41, 5.74) is 10.6. The fourth-order valence-electron chi connectivity index (χ4n) is 6.20. The number of aliphatic imine (C=N–C) groups is 1. The average molecular weight is 594 g/mol. The zero-order valence-electron chi connectivity index (χ0n) is 24.2. The van der Waals surface area contributed by atoms with E-state index < -0.39 is 5.41 Å². The Hall–Kier alpha value is -4.42. The highest BCUT2D eigenvalue weighted by Crippen LogP contribution is 2.57. The summed E-state index contributed by atoms with van der Waals surface area (Å²) in [6.45, 7) is 0.441. The van der Waals surface area contributed by atoms with Gasteiger partial charge in [0.2, 0.25) is 12.1 Å². The predicted octanol–water partition coefficient (Wildman–Crippen LogP) is 6.08. The summed E-state index contributed by atoms with van der Waals surface area (Å²) < 4.78 is 16.2. The molecule has 0 radical (unpaired) electrons. The minimum absolute atomic E-state index is 0.0348. The van der Waals surface area contributed by atoms with Crippen LogP contribution >= 0.6 is 0 Å². The molecule has 0 unspecified atom stereocenters. The number of anilines is 1. The maximum atomic E-state index is 14.3. The number of carbonyl (C=O) groups is 1. The average Bonchev–Trinajstić information content (AvgIpc) is 3.26. The number of benzene rings is 3. The van der Waals surface area contributed by atoms with Gasteiger partial charge in [0, 0.05) is 17.1 Å². The third-order valence-electron chi connectivity index (χ3n) is 8.59. The number of para-hydroxylation sites is 1. The van der Waals surface area contributed by atoms with Gasteiger partial charge in [-0.25, -0.2) is 4.99 Å². The first-order valence-electron chi connectivity index (χ1n) is 14.6. The molecule has 2 aliphatic heterocycles. The SMILES string of the molecule is COc1ccc(CN2C(=O)C3(CCC3)c3cc(C(C=CN)=Nc4ccccc4)cc(OC4CCS(=NC#N)CC4)c32)cc1. The fraction of sp³-hybridized carbons (Fsp3) is 0.324. The number of hydrogen-bond donors (Lipinski definition) is 1. The molecule has 1 saturated heterocycles. The first-order chi connectivity index (χ1) is 21.0. The van der Waals surface area contributed by atoms with Crippen LogP contribution in [-0.4, -0.2) is 36.3 Å². The molecule has 1 spiro atoms. The Labute approximate surface area is 254 Å². The lowest BCUT2D eigenvalue weighted by Gasteiger charge is -2.37. The molecule has 8 nitrogen and oxygen atoms in total. The lowest BCUT2D eigenvalue weighted by molar-refractivity contribution is -0.126. The van der Waals surface area contributed by atoms with E-state index in [4.69, 9.17) is 25.5 Å². The lowest BCUT2D eigenvalue weighted by Crippen LogP contribution is -2.44. The highest BCUT2D eigenvalue weighted by atomic mass is 32.2. The van der Waals surface area contributed by atoms with E-state index in [-0.39, 0.29) is 22.7 Å². The van der Waals surface area contributed by atoms with Gasteiger partial charge in [-0.1, -0.05) is 47.4 Å². The standard InChI is InChI=1S/C34H35N5O3S/c1-41-27-10-8-24(9-11-27)22-39-32-29(34(33(39)40)15-5-16-34)20-25(30(12-17-35)38-26-6-3-2-4-7-26)21-31(32)42-28-13-18-43(19-14-28)37-23-36/h2-4,6-12,17,20-21,28H,5,13-16,18-19,22,35H2,1H3. The number of fused-ring (bicyclic) bond motifs is 2. The molecule has 0 atom stereocenters. The quantitative estimate of drug-likeness (QED) is 0.251. The van der Waals surface area contributed by atoms with E-state index in [1.807, 2.05) is 71.8 Å². The first kappa shape index (κ1) is 28.7. The molecular weight excluding hydrogens is 558 g/mol. The van der Waals surface area contributed by atoms with E-state index in [2.05, 4.69) is 10.4 Å². The molecule has 9 heteroatoms. The van der Waals surface area contributed by atoms with Crippen molar-refractivity contribution in [3.8, 4) is 17.7 Å². The van der Waals surface area contributed by atoms with Gasteiger partial charge in [-0.15, -0.1) is 0 Å². The zero-order chi connectivity index (χ0) is 29.8. The molecule has 2 heterocycles. The fourth-order valence-corrected chi connectivity index (χ4v) is 7.77. The molecular formula is C34H35N5O3S. The number of carbonyl (C=O) groups excluding carboxylic acids is 1. The van der Waals surface area contributed by atoms with Crippen LogP contribution in [0.15, 0.2) is 88.4 Å². The number of nitriles is 1. The van der Waals surface area contributed by atoms with Gasteiger partial charge in [0.25, 0.3) is 0 Å². The number of amides is 1. The summed E-state index contributed by atoms with van der Waals surface area (Å²) in [5.74, 6) is 3.25. The van der Waals surface area contributed by atoms with Crippen LogP contribution in [0, 0.1) is 11.5 Å². The molecule has 0 bridgehead atoms. The molecule has 3 aliphatic rings. The smallest absolute Gasteiger partial charge is 0.238 e. The number of nitrogens with two attached hydrogens (primary N) is 1. The zero-order valence-corrected chi connectivity index (χ0v) is 25.1. The molecule has 2 fully saturated rings. The van der Waals surface area contributed by atoms with E-state index >= 15 is 0 Å². The third-order valence-corrected chi connectivity index (χ3v) is 10.3. The van der Waals surface area contributed by atoms with Gasteiger partial charge in [-0.2, -0.15) is 9.62 Å². The van der Waals surface area contributed by atoms with Crippen molar-refractivity contribution in [1.82, 2.24) is 0 Å². The van der Waals surface area contributed by atoms with Crippen molar-refractivity contribution >= 4 is 33.7 Å². The molecule has 1 aliphatic carbocycles. The van der Waals surface area contributed by atoms with Crippen molar-refractivity contribution in [2.75, 3.05) is 23.5 Å². The predicted molar refractivity (Wildman–Crippen MR) is 171 cm³/mol. The topological polar surface area (TPSA) is 113 Å². The first-order valence-corrected chi connectivity index (χ1v) is 16.2. The Morgan fingerprint density at radius 1 is 1.14 bits per heavy atom. The van der Waals surface area contributed by atoms with E-state index in [0.717, 1.165) is 77.4 Å². The number of nitrogens with zero attached hydrogens (tertiary/aromatic N) is 4. The number of ether oxygens (including phenoxy) is 2. The van der Waals surface area contributed by atoms with Crippen LogP contribution in [0.25, 0.3) is 0 Å². The van der Waals surface area contributed by atoms with Gasteiger partial charge in [-0.3, -0.25) is 4.79 Å². The lowest BCUT2D eigenvalue weighted by atomic mass is 9.65. The normalized spacial score (nSPS) is 20.9. The molecule has 6 rings (SSSR count). The maximum absolute atomic E-state index is 14.3. The van der Waals surface area contributed by atoms with Crippen LogP contribution in [0.2, 0.25) is 0 Å². The maximum Gasteiger partial charge on any atom is 0.238 e. The van der Waals surface area contributed by atoms with Crippen LogP contribution in [0.5, 0.6) is 11.5 Å². The van der Waals surface area contributed by atoms with Crippen molar-refractivity contribution in [3.05, 3.63) is 95.7 Å².